The van der Waals surface area contributed by atoms with Crippen molar-refractivity contribution >= 4 is 11.5 Å². The van der Waals surface area contributed by atoms with Gasteiger partial charge in [0.1, 0.15) is 5.82 Å². The number of pyridine rings is 1. The third-order valence-electron chi connectivity index (χ3n) is 4.15. The molecule has 2 aromatic rings. The number of fused-ring (bicyclic) bond motifs is 1. The molecule has 0 atom stereocenters. The third kappa shape index (κ3) is 2.93. The van der Waals surface area contributed by atoms with Crippen LogP contribution in [0.5, 0.6) is 0 Å². The van der Waals surface area contributed by atoms with Crippen molar-refractivity contribution in [1.29, 1.82) is 0 Å². The number of methoxy groups -OCH3 is 1. The topological polar surface area (TPSA) is 46.8 Å². The summed E-state index contributed by atoms with van der Waals surface area (Å²) in [6, 6.07) is 3.64. The standard InChI is InChI=1S/C16H21N3O2/c1-21-16(20)13-6-5-10-19-14(13)12-17-15(19)7-11-18-8-3-2-4-9-18/h5-6,10,12H,2-4,7-9,11H2,1H3. The lowest BCUT2D eigenvalue weighted by molar-refractivity contribution is 0.0602. The van der Waals surface area contributed by atoms with Crippen LogP contribution < -0.4 is 0 Å². The minimum Gasteiger partial charge on any atom is -0.465 e. The molecule has 5 heteroatoms. The molecule has 0 aliphatic carbocycles. The Balaban J connectivity index is 1.78. The maximum Gasteiger partial charge on any atom is 0.340 e. The van der Waals surface area contributed by atoms with Crippen LogP contribution in [0.25, 0.3) is 5.52 Å². The fraction of sp³-hybridized carbons (Fsp3) is 0.500. The summed E-state index contributed by atoms with van der Waals surface area (Å²) in [5.74, 6) is 0.685. The van der Waals surface area contributed by atoms with Gasteiger partial charge in [-0.1, -0.05) is 6.42 Å². The van der Waals surface area contributed by atoms with Crippen molar-refractivity contribution in [2.24, 2.45) is 0 Å². The molecule has 1 aliphatic rings. The summed E-state index contributed by atoms with van der Waals surface area (Å²) in [5.41, 5.74) is 1.38. The van der Waals surface area contributed by atoms with E-state index in [0.717, 1.165) is 24.3 Å². The maximum absolute atomic E-state index is 11.8. The summed E-state index contributed by atoms with van der Waals surface area (Å²) >= 11 is 0. The average molecular weight is 287 g/mol. The number of hydrogen-bond acceptors (Lipinski definition) is 4. The Morgan fingerprint density at radius 3 is 2.90 bits per heavy atom. The minimum absolute atomic E-state index is 0.317. The van der Waals surface area contributed by atoms with E-state index in [1.807, 2.05) is 16.7 Å². The molecule has 1 fully saturated rings. The van der Waals surface area contributed by atoms with Gasteiger partial charge in [0.25, 0.3) is 0 Å². The first-order chi connectivity index (χ1) is 10.3. The Labute approximate surface area is 124 Å². The summed E-state index contributed by atoms with van der Waals surface area (Å²) in [6.45, 7) is 3.41. The lowest BCUT2D eigenvalue weighted by atomic mass is 10.1. The van der Waals surface area contributed by atoms with E-state index >= 15 is 0 Å². The van der Waals surface area contributed by atoms with E-state index in [2.05, 4.69) is 9.88 Å². The Hall–Kier alpha value is -1.88. The number of nitrogens with zero attached hydrogens (tertiary/aromatic N) is 3. The van der Waals surface area contributed by atoms with Crippen LogP contribution in [0.15, 0.2) is 24.5 Å². The largest absolute Gasteiger partial charge is 0.465 e. The van der Waals surface area contributed by atoms with Crippen molar-refractivity contribution < 1.29 is 9.53 Å². The number of rotatable bonds is 4. The molecular formula is C16H21N3O2. The molecule has 1 aliphatic heterocycles. The molecule has 0 N–H and O–H groups in total. The molecule has 0 bridgehead atoms. The molecule has 1 saturated heterocycles. The second-order valence-electron chi connectivity index (χ2n) is 5.50. The van der Waals surface area contributed by atoms with E-state index in [1.54, 1.807) is 12.3 Å². The Morgan fingerprint density at radius 1 is 1.33 bits per heavy atom. The third-order valence-corrected chi connectivity index (χ3v) is 4.15. The molecule has 3 heterocycles. The van der Waals surface area contributed by atoms with Gasteiger partial charge in [0.15, 0.2) is 0 Å². The second kappa shape index (κ2) is 6.26. The van der Waals surface area contributed by atoms with Gasteiger partial charge in [0.2, 0.25) is 0 Å². The quantitative estimate of drug-likeness (QED) is 0.808. The van der Waals surface area contributed by atoms with Gasteiger partial charge in [-0.3, -0.25) is 0 Å². The van der Waals surface area contributed by atoms with E-state index in [4.69, 9.17) is 4.74 Å². The number of carbonyl (C=O) groups excluding carboxylic acids is 1. The van der Waals surface area contributed by atoms with Crippen molar-refractivity contribution in [3.63, 3.8) is 0 Å². The number of piperidine rings is 1. The number of carbonyl (C=O) groups is 1. The molecule has 21 heavy (non-hydrogen) atoms. The Kier molecular flexibility index (Phi) is 4.20. The molecule has 5 nitrogen and oxygen atoms in total. The van der Waals surface area contributed by atoms with Gasteiger partial charge in [-0.05, 0) is 38.1 Å². The molecule has 0 unspecified atom stereocenters. The summed E-state index contributed by atoms with van der Waals surface area (Å²) in [4.78, 5) is 18.8. The van der Waals surface area contributed by atoms with Crippen molar-refractivity contribution in [3.05, 3.63) is 35.9 Å². The highest BCUT2D eigenvalue weighted by Gasteiger charge is 2.15. The van der Waals surface area contributed by atoms with Crippen molar-refractivity contribution in [1.82, 2.24) is 14.3 Å². The van der Waals surface area contributed by atoms with Crippen LogP contribution in [0.4, 0.5) is 0 Å². The predicted octanol–water partition coefficient (Wildman–Crippen LogP) is 2.15. The smallest absolute Gasteiger partial charge is 0.340 e. The van der Waals surface area contributed by atoms with E-state index in [-0.39, 0.29) is 5.97 Å². The Bertz CT molecular complexity index is 629. The van der Waals surface area contributed by atoms with Gasteiger partial charge in [0, 0.05) is 19.2 Å². The number of aromatic nitrogens is 2. The van der Waals surface area contributed by atoms with Gasteiger partial charge in [-0.2, -0.15) is 0 Å². The zero-order chi connectivity index (χ0) is 14.7. The predicted molar refractivity (Wildman–Crippen MR) is 80.5 cm³/mol. The molecule has 112 valence electrons. The Morgan fingerprint density at radius 2 is 2.14 bits per heavy atom. The monoisotopic (exact) mass is 287 g/mol. The summed E-state index contributed by atoms with van der Waals surface area (Å²) in [6.07, 6.45) is 8.58. The number of hydrogen-bond donors (Lipinski definition) is 0. The van der Waals surface area contributed by atoms with Crippen LogP contribution in [0, 0.1) is 0 Å². The second-order valence-corrected chi connectivity index (χ2v) is 5.50. The van der Waals surface area contributed by atoms with Crippen LogP contribution in [-0.2, 0) is 11.2 Å². The highest BCUT2D eigenvalue weighted by atomic mass is 16.5. The van der Waals surface area contributed by atoms with Crippen molar-refractivity contribution in [3.8, 4) is 0 Å². The van der Waals surface area contributed by atoms with Crippen LogP contribution in [0.1, 0.15) is 35.4 Å². The average Bonchev–Trinajstić information content (AvgIpc) is 2.96. The fourth-order valence-electron chi connectivity index (χ4n) is 2.98. The molecule has 0 amide bonds. The first kappa shape index (κ1) is 14.1. The number of imidazole rings is 1. The molecule has 2 aromatic heterocycles. The molecular weight excluding hydrogens is 266 g/mol. The lowest BCUT2D eigenvalue weighted by Gasteiger charge is -2.25. The van der Waals surface area contributed by atoms with Crippen molar-refractivity contribution in [2.45, 2.75) is 25.7 Å². The van der Waals surface area contributed by atoms with Gasteiger partial charge in [-0.15, -0.1) is 0 Å². The lowest BCUT2D eigenvalue weighted by Crippen LogP contribution is -2.31. The maximum atomic E-state index is 11.8. The molecule has 3 rings (SSSR count). The highest BCUT2D eigenvalue weighted by Crippen LogP contribution is 2.15. The van der Waals surface area contributed by atoms with Crippen LogP contribution in [-0.4, -0.2) is 47.0 Å². The van der Waals surface area contributed by atoms with E-state index < -0.39 is 0 Å². The minimum atomic E-state index is -0.317. The molecule has 0 aromatic carbocycles. The number of ether oxygens (including phenoxy) is 1. The zero-order valence-corrected chi connectivity index (χ0v) is 12.4. The first-order valence-corrected chi connectivity index (χ1v) is 7.55. The SMILES string of the molecule is COC(=O)c1cccn2c(CCN3CCCCC3)ncc12. The van der Waals surface area contributed by atoms with Crippen LogP contribution >= 0.6 is 0 Å². The normalized spacial score (nSPS) is 16.2. The van der Waals surface area contributed by atoms with E-state index in [1.165, 1.54) is 39.5 Å². The van der Waals surface area contributed by atoms with Gasteiger partial charge >= 0.3 is 5.97 Å². The highest BCUT2D eigenvalue weighted by molar-refractivity contribution is 5.96. The van der Waals surface area contributed by atoms with E-state index in [9.17, 15) is 4.79 Å². The van der Waals surface area contributed by atoms with Crippen molar-refractivity contribution in [2.75, 3.05) is 26.7 Å². The molecule has 0 radical (unpaired) electrons. The van der Waals surface area contributed by atoms with Crippen LogP contribution in [0.2, 0.25) is 0 Å². The number of likely N-dealkylation sites (tertiary alicyclic amines) is 1. The molecule has 0 saturated carbocycles. The zero-order valence-electron chi connectivity index (χ0n) is 12.4. The summed E-state index contributed by atoms with van der Waals surface area (Å²) < 4.78 is 6.82. The molecule has 0 spiro atoms. The number of esters is 1. The summed E-state index contributed by atoms with van der Waals surface area (Å²) in [5, 5.41) is 0. The summed E-state index contributed by atoms with van der Waals surface area (Å²) in [7, 11) is 1.40. The van der Waals surface area contributed by atoms with Gasteiger partial charge in [-0.25, -0.2) is 9.78 Å². The van der Waals surface area contributed by atoms with E-state index in [0.29, 0.717) is 5.56 Å². The van der Waals surface area contributed by atoms with Gasteiger partial charge < -0.3 is 14.0 Å². The first-order valence-electron chi connectivity index (χ1n) is 7.55. The fourth-order valence-corrected chi connectivity index (χ4v) is 2.98. The van der Waals surface area contributed by atoms with Gasteiger partial charge in [0.05, 0.1) is 24.4 Å². The van der Waals surface area contributed by atoms with Crippen LogP contribution in [0.3, 0.4) is 0 Å².